The Hall–Kier alpha value is -1.14. The van der Waals surface area contributed by atoms with E-state index in [0.717, 1.165) is 40.4 Å². The molecule has 0 bridgehead atoms. The molecule has 98 valence electrons. The fraction of sp³-hybridized carbons (Fsp3) is 0.500. The molecule has 0 atom stereocenters. The van der Waals surface area contributed by atoms with Crippen molar-refractivity contribution in [1.29, 1.82) is 0 Å². The number of hydrogen-bond acceptors (Lipinski definition) is 4. The lowest BCUT2D eigenvalue weighted by molar-refractivity contribution is 0.368. The Morgan fingerprint density at radius 3 is 2.78 bits per heavy atom. The van der Waals surface area contributed by atoms with Gasteiger partial charge in [-0.1, -0.05) is 5.16 Å². The van der Waals surface area contributed by atoms with E-state index < -0.39 is 0 Å². The first-order chi connectivity index (χ1) is 8.61. The molecule has 0 unspecified atom stereocenters. The third-order valence-corrected chi connectivity index (χ3v) is 3.75. The highest BCUT2D eigenvalue weighted by atomic mass is 79.9. The maximum Gasteiger partial charge on any atom is 0.150 e. The minimum atomic E-state index is 0.668. The normalized spacial score (nSPS) is 11.1. The molecule has 1 N–H and O–H groups in total. The first-order valence-electron chi connectivity index (χ1n) is 5.96. The van der Waals surface area contributed by atoms with E-state index in [-0.39, 0.29) is 0 Å². The molecule has 0 fully saturated rings. The first-order valence-corrected chi connectivity index (χ1v) is 6.75. The van der Waals surface area contributed by atoms with Crippen molar-refractivity contribution in [2.24, 2.45) is 0 Å². The summed E-state index contributed by atoms with van der Waals surface area (Å²) in [5.41, 5.74) is 3.08. The zero-order valence-electron chi connectivity index (χ0n) is 10.8. The Morgan fingerprint density at radius 1 is 1.39 bits per heavy atom. The Morgan fingerprint density at radius 2 is 2.17 bits per heavy atom. The molecule has 2 aromatic heterocycles. The highest BCUT2D eigenvalue weighted by molar-refractivity contribution is 9.10. The van der Waals surface area contributed by atoms with E-state index in [9.17, 15) is 0 Å². The molecule has 0 aliphatic rings. The van der Waals surface area contributed by atoms with Gasteiger partial charge in [-0.25, -0.2) is 0 Å². The smallest absolute Gasteiger partial charge is 0.150 e. The van der Waals surface area contributed by atoms with Crippen LogP contribution in [-0.2, 0) is 19.6 Å². The monoisotopic (exact) mass is 312 g/mol. The summed E-state index contributed by atoms with van der Waals surface area (Å²) >= 11 is 3.57. The van der Waals surface area contributed by atoms with Crippen molar-refractivity contribution >= 4 is 15.9 Å². The van der Waals surface area contributed by atoms with E-state index in [1.54, 1.807) is 0 Å². The standard InChI is InChI=1S/C12H17BrN4O/c1-4-17-11(12(13)9(3)15-17)7-14-6-10-5-8(2)16-18-10/h5,14H,4,6-7H2,1-3H3. The molecule has 0 saturated carbocycles. The van der Waals surface area contributed by atoms with Crippen LogP contribution in [0.5, 0.6) is 0 Å². The summed E-state index contributed by atoms with van der Waals surface area (Å²) in [4.78, 5) is 0. The van der Waals surface area contributed by atoms with Crippen LogP contribution in [0.25, 0.3) is 0 Å². The van der Waals surface area contributed by atoms with Crippen LogP contribution in [0, 0.1) is 13.8 Å². The largest absolute Gasteiger partial charge is 0.360 e. The summed E-state index contributed by atoms with van der Waals surface area (Å²) in [7, 11) is 0. The molecule has 18 heavy (non-hydrogen) atoms. The summed E-state index contributed by atoms with van der Waals surface area (Å²) in [5.74, 6) is 0.850. The van der Waals surface area contributed by atoms with Crippen molar-refractivity contribution in [3.05, 3.63) is 33.4 Å². The van der Waals surface area contributed by atoms with Gasteiger partial charge in [0.25, 0.3) is 0 Å². The lowest BCUT2D eigenvalue weighted by Gasteiger charge is -2.06. The minimum absolute atomic E-state index is 0.668. The number of hydrogen-bond donors (Lipinski definition) is 1. The van der Waals surface area contributed by atoms with Crippen LogP contribution < -0.4 is 5.32 Å². The Labute approximate surface area is 115 Å². The van der Waals surface area contributed by atoms with E-state index in [1.807, 2.05) is 24.6 Å². The van der Waals surface area contributed by atoms with Gasteiger partial charge in [0, 0.05) is 19.2 Å². The van der Waals surface area contributed by atoms with Crippen molar-refractivity contribution in [2.75, 3.05) is 0 Å². The number of aryl methyl sites for hydroxylation is 3. The molecule has 0 amide bonds. The fourth-order valence-electron chi connectivity index (χ4n) is 1.84. The van der Waals surface area contributed by atoms with Gasteiger partial charge in [-0.15, -0.1) is 0 Å². The molecule has 2 heterocycles. The SMILES string of the molecule is CCn1nc(C)c(Br)c1CNCc1cc(C)no1. The summed E-state index contributed by atoms with van der Waals surface area (Å²) in [6.45, 7) is 8.28. The average Bonchev–Trinajstić information content (AvgIpc) is 2.87. The second kappa shape index (κ2) is 5.67. The number of aromatic nitrogens is 3. The van der Waals surface area contributed by atoms with E-state index >= 15 is 0 Å². The Kier molecular flexibility index (Phi) is 4.19. The molecule has 0 aromatic carbocycles. The van der Waals surface area contributed by atoms with Gasteiger partial charge in [0.05, 0.1) is 28.1 Å². The van der Waals surface area contributed by atoms with Gasteiger partial charge in [-0.2, -0.15) is 5.10 Å². The van der Waals surface area contributed by atoms with Crippen LogP contribution in [0.3, 0.4) is 0 Å². The van der Waals surface area contributed by atoms with Crippen molar-refractivity contribution in [1.82, 2.24) is 20.3 Å². The van der Waals surface area contributed by atoms with Crippen LogP contribution >= 0.6 is 15.9 Å². The predicted octanol–water partition coefficient (Wildman–Crippen LogP) is 2.56. The lowest BCUT2D eigenvalue weighted by Crippen LogP contribution is -2.16. The summed E-state index contributed by atoms with van der Waals surface area (Å²) in [6, 6.07) is 1.93. The number of halogens is 1. The van der Waals surface area contributed by atoms with Crippen molar-refractivity contribution in [3.63, 3.8) is 0 Å². The molecular formula is C12H17BrN4O. The third kappa shape index (κ3) is 2.81. The highest BCUT2D eigenvalue weighted by Gasteiger charge is 2.11. The summed E-state index contributed by atoms with van der Waals surface area (Å²) in [6.07, 6.45) is 0. The molecule has 2 rings (SSSR count). The molecule has 6 heteroatoms. The molecule has 5 nitrogen and oxygen atoms in total. The van der Waals surface area contributed by atoms with Gasteiger partial charge in [-0.3, -0.25) is 4.68 Å². The fourth-order valence-corrected chi connectivity index (χ4v) is 2.27. The third-order valence-electron chi connectivity index (χ3n) is 2.72. The predicted molar refractivity (Wildman–Crippen MR) is 72.1 cm³/mol. The molecule has 2 aromatic rings. The van der Waals surface area contributed by atoms with Crippen LogP contribution in [0.2, 0.25) is 0 Å². The first kappa shape index (κ1) is 13.3. The Balaban J connectivity index is 1.98. The second-order valence-corrected chi connectivity index (χ2v) is 4.99. The van der Waals surface area contributed by atoms with Crippen molar-refractivity contribution in [2.45, 2.75) is 40.4 Å². The van der Waals surface area contributed by atoms with E-state index in [1.165, 1.54) is 0 Å². The van der Waals surface area contributed by atoms with Gasteiger partial charge in [0.2, 0.25) is 0 Å². The lowest BCUT2D eigenvalue weighted by atomic mass is 10.3. The molecular weight excluding hydrogens is 296 g/mol. The maximum atomic E-state index is 5.15. The number of nitrogens with one attached hydrogen (secondary N) is 1. The molecule has 0 radical (unpaired) electrons. The number of nitrogens with zero attached hydrogens (tertiary/aromatic N) is 3. The van der Waals surface area contributed by atoms with Crippen LogP contribution in [0.4, 0.5) is 0 Å². The summed E-state index contributed by atoms with van der Waals surface area (Å²) < 4.78 is 8.22. The van der Waals surface area contributed by atoms with Crippen LogP contribution in [0.15, 0.2) is 15.1 Å². The van der Waals surface area contributed by atoms with Gasteiger partial charge < -0.3 is 9.84 Å². The highest BCUT2D eigenvalue weighted by Crippen LogP contribution is 2.20. The summed E-state index contributed by atoms with van der Waals surface area (Å²) in [5, 5.41) is 11.6. The average molecular weight is 313 g/mol. The number of rotatable bonds is 5. The Bertz CT molecular complexity index is 532. The molecule has 0 aliphatic heterocycles. The van der Waals surface area contributed by atoms with Crippen molar-refractivity contribution in [3.8, 4) is 0 Å². The van der Waals surface area contributed by atoms with Crippen LogP contribution in [-0.4, -0.2) is 14.9 Å². The molecule has 0 aliphatic carbocycles. The molecule has 0 saturated heterocycles. The second-order valence-electron chi connectivity index (χ2n) is 4.20. The van der Waals surface area contributed by atoms with Gasteiger partial charge >= 0.3 is 0 Å². The van der Waals surface area contributed by atoms with E-state index in [0.29, 0.717) is 6.54 Å². The van der Waals surface area contributed by atoms with Gasteiger partial charge in [0.1, 0.15) is 0 Å². The quantitative estimate of drug-likeness (QED) is 0.922. The van der Waals surface area contributed by atoms with Crippen LogP contribution in [0.1, 0.15) is 29.8 Å². The molecule has 0 spiro atoms. The minimum Gasteiger partial charge on any atom is -0.360 e. The van der Waals surface area contributed by atoms with E-state index in [4.69, 9.17) is 4.52 Å². The van der Waals surface area contributed by atoms with Gasteiger partial charge in [-0.05, 0) is 36.7 Å². The van der Waals surface area contributed by atoms with Crippen molar-refractivity contribution < 1.29 is 4.52 Å². The topological polar surface area (TPSA) is 55.9 Å². The zero-order valence-corrected chi connectivity index (χ0v) is 12.4. The maximum absolute atomic E-state index is 5.15. The van der Waals surface area contributed by atoms with Gasteiger partial charge in [0.15, 0.2) is 5.76 Å². The van der Waals surface area contributed by atoms with E-state index in [2.05, 4.69) is 38.4 Å². The zero-order chi connectivity index (χ0) is 13.1.